The molecule has 0 bridgehead atoms. The molecule has 2 unspecified atom stereocenters. The molecule has 1 heterocycles. The summed E-state index contributed by atoms with van der Waals surface area (Å²) in [6.45, 7) is 1.60. The van der Waals surface area contributed by atoms with Crippen LogP contribution in [0.4, 0.5) is 0 Å². The monoisotopic (exact) mass is 259 g/mol. The molecule has 0 fully saturated rings. The van der Waals surface area contributed by atoms with Crippen molar-refractivity contribution >= 4 is 28.1 Å². The Kier molecular flexibility index (Phi) is 4.98. The Labute approximate surface area is 100 Å². The molecule has 2 atom stereocenters. The fourth-order valence-electron chi connectivity index (χ4n) is 1.05. The van der Waals surface area contributed by atoms with E-state index in [2.05, 4.69) is 9.52 Å². The summed E-state index contributed by atoms with van der Waals surface area (Å²) in [7, 11) is -0.822. The van der Waals surface area contributed by atoms with Gasteiger partial charge in [0.05, 0.1) is 18.2 Å². The third-order valence-electron chi connectivity index (χ3n) is 1.77. The summed E-state index contributed by atoms with van der Waals surface area (Å²) < 4.78 is 3.81. The van der Waals surface area contributed by atoms with Crippen LogP contribution in [0.3, 0.4) is 0 Å². The van der Waals surface area contributed by atoms with Gasteiger partial charge in [0.1, 0.15) is 6.29 Å². The zero-order valence-corrected chi connectivity index (χ0v) is 10.0. The van der Waals surface area contributed by atoms with Crippen LogP contribution in [0.5, 0.6) is 0 Å². The largest absolute Gasteiger partial charge is 0.481 e. The first-order valence-corrected chi connectivity index (χ1v) is 6.07. The molecule has 0 amide bonds. The molecule has 0 aliphatic carbocycles. The third-order valence-corrected chi connectivity index (χ3v) is 3.04. The second-order valence-corrected chi connectivity index (χ2v) is 4.77. The first-order valence-electron chi connectivity index (χ1n) is 4.83. The minimum Gasteiger partial charge on any atom is -0.481 e. The van der Waals surface area contributed by atoms with Gasteiger partial charge in [-0.2, -0.15) is 0 Å². The molecule has 8 heteroatoms. The Morgan fingerprint density at radius 3 is 3.12 bits per heavy atom. The highest BCUT2D eigenvalue weighted by atomic mass is 32.2. The molecule has 0 aromatic rings. The fraction of sp³-hybridized carbons (Fsp3) is 0.444. The Balaban J connectivity index is 2.59. The Bertz CT molecular complexity index is 416. The van der Waals surface area contributed by atoms with Gasteiger partial charge in [0.25, 0.3) is 0 Å². The van der Waals surface area contributed by atoms with Gasteiger partial charge in [-0.1, -0.05) is 4.53 Å². The lowest BCUT2D eigenvalue weighted by molar-refractivity contribution is -0.139. The quantitative estimate of drug-likeness (QED) is 0.527. The molecular formula is C9H13N3O4S. The number of nitrogens with two attached hydrogens (primary N) is 1. The standard InChI is InChI=1S/C9H13N3O4S/c1-6(4-8(14)15)16-12-17-5-7(2-3-13)11-9(17)10/h3,5-6H,2,4H2,1H3,(H2,10,11)(H,14,15). The Hall–Kier alpha value is -1.54. The predicted molar refractivity (Wildman–Crippen MR) is 63.0 cm³/mol. The Morgan fingerprint density at radius 2 is 2.53 bits per heavy atom. The van der Waals surface area contributed by atoms with Crippen molar-refractivity contribution in [3.8, 4) is 0 Å². The molecule has 0 saturated heterocycles. The van der Waals surface area contributed by atoms with Crippen molar-refractivity contribution in [3.05, 3.63) is 11.1 Å². The van der Waals surface area contributed by atoms with Gasteiger partial charge in [0.15, 0.2) is 5.17 Å². The van der Waals surface area contributed by atoms with E-state index in [1.807, 2.05) is 0 Å². The number of carboxylic acids is 1. The van der Waals surface area contributed by atoms with Gasteiger partial charge in [-0.05, 0) is 6.92 Å². The minimum absolute atomic E-state index is 0.136. The lowest BCUT2D eigenvalue weighted by Crippen LogP contribution is -2.16. The van der Waals surface area contributed by atoms with Gasteiger partial charge in [0.2, 0.25) is 0 Å². The molecule has 17 heavy (non-hydrogen) atoms. The fourth-order valence-corrected chi connectivity index (χ4v) is 2.14. The van der Waals surface area contributed by atoms with Crippen molar-refractivity contribution in [3.63, 3.8) is 0 Å². The molecule has 3 N–H and O–H groups in total. The zero-order valence-electron chi connectivity index (χ0n) is 9.20. The lowest BCUT2D eigenvalue weighted by Gasteiger charge is -2.04. The van der Waals surface area contributed by atoms with Gasteiger partial charge in [-0.25, -0.2) is 9.83 Å². The number of aliphatic carboxylic acids is 1. The average Bonchev–Trinajstić information content (AvgIpc) is 2.56. The molecule has 1 aliphatic heterocycles. The summed E-state index contributed by atoms with van der Waals surface area (Å²) in [6, 6.07) is 0. The molecule has 0 saturated carbocycles. The normalized spacial score (nSPS) is 20.9. The lowest BCUT2D eigenvalue weighted by atomic mass is 10.3. The van der Waals surface area contributed by atoms with E-state index in [1.54, 1.807) is 12.3 Å². The highest BCUT2D eigenvalue weighted by molar-refractivity contribution is 8.05. The molecule has 0 spiro atoms. The molecule has 1 rings (SSSR count). The highest BCUT2D eigenvalue weighted by Crippen LogP contribution is 2.14. The summed E-state index contributed by atoms with van der Waals surface area (Å²) in [5, 5.41) is 10.4. The number of aliphatic imine (C=N–C) groups is 1. The van der Waals surface area contributed by atoms with E-state index in [0.717, 1.165) is 6.29 Å². The van der Waals surface area contributed by atoms with Gasteiger partial charge < -0.3 is 15.6 Å². The minimum atomic E-state index is -0.957. The van der Waals surface area contributed by atoms with E-state index in [4.69, 9.17) is 15.7 Å². The molecule has 0 aromatic carbocycles. The van der Waals surface area contributed by atoms with Crippen molar-refractivity contribution in [2.75, 3.05) is 0 Å². The van der Waals surface area contributed by atoms with Gasteiger partial charge >= 0.3 is 5.97 Å². The van der Waals surface area contributed by atoms with Crippen LogP contribution >= 0.6 is 0 Å². The first-order chi connectivity index (χ1) is 8.02. The number of allylic oxidation sites excluding steroid dienone is 1. The van der Waals surface area contributed by atoms with E-state index in [9.17, 15) is 9.59 Å². The number of carbonyl (C=O) groups excluding carboxylic acids is 1. The van der Waals surface area contributed by atoms with Crippen LogP contribution in [0, 0.1) is 0 Å². The maximum absolute atomic E-state index is 10.4. The number of carboxylic acid groups (broad SMARTS) is 1. The molecule has 7 nitrogen and oxygen atoms in total. The SMILES string of the molecule is CC(CC(=O)O)O/N=S1/C=C(CC=O)N=C1N. The van der Waals surface area contributed by atoms with E-state index >= 15 is 0 Å². The van der Waals surface area contributed by atoms with Crippen LogP contribution in [-0.4, -0.2) is 28.6 Å². The van der Waals surface area contributed by atoms with Crippen LogP contribution in [0.1, 0.15) is 19.8 Å². The van der Waals surface area contributed by atoms with Crippen molar-refractivity contribution in [1.82, 2.24) is 0 Å². The van der Waals surface area contributed by atoms with Crippen LogP contribution in [0.15, 0.2) is 20.6 Å². The number of hydrogen-bond acceptors (Lipinski definition) is 6. The van der Waals surface area contributed by atoms with E-state index in [1.165, 1.54) is 0 Å². The molecular weight excluding hydrogens is 246 g/mol. The van der Waals surface area contributed by atoms with Crippen LogP contribution in [-0.2, 0) is 25.1 Å². The predicted octanol–water partition coefficient (Wildman–Crippen LogP) is 0.342. The topological polar surface area (TPSA) is 114 Å². The number of hydrogen-bond donors (Lipinski definition) is 2. The number of aldehydes is 1. The summed E-state index contributed by atoms with van der Waals surface area (Å²) in [5.74, 6) is -0.957. The number of rotatable bonds is 6. The van der Waals surface area contributed by atoms with Gasteiger partial charge in [-0.15, -0.1) is 0 Å². The van der Waals surface area contributed by atoms with Crippen LogP contribution in [0.25, 0.3) is 0 Å². The second-order valence-electron chi connectivity index (χ2n) is 3.33. The van der Waals surface area contributed by atoms with Gasteiger partial charge in [-0.3, -0.25) is 4.79 Å². The second kappa shape index (κ2) is 6.26. The third kappa shape index (κ3) is 4.45. The molecule has 0 aromatic heterocycles. The zero-order chi connectivity index (χ0) is 12.8. The van der Waals surface area contributed by atoms with E-state index < -0.39 is 22.8 Å². The maximum Gasteiger partial charge on any atom is 0.306 e. The maximum atomic E-state index is 10.4. The van der Waals surface area contributed by atoms with Crippen molar-refractivity contribution in [2.24, 2.45) is 15.3 Å². The first kappa shape index (κ1) is 13.5. The summed E-state index contributed by atoms with van der Waals surface area (Å²) >= 11 is 0. The summed E-state index contributed by atoms with van der Waals surface area (Å²) in [4.78, 5) is 29.6. The molecule has 94 valence electrons. The molecule has 0 radical (unpaired) electrons. The van der Waals surface area contributed by atoms with Crippen molar-refractivity contribution in [2.45, 2.75) is 25.9 Å². The van der Waals surface area contributed by atoms with Gasteiger partial charge in [0, 0.05) is 22.5 Å². The van der Waals surface area contributed by atoms with E-state index in [-0.39, 0.29) is 18.0 Å². The average molecular weight is 259 g/mol. The van der Waals surface area contributed by atoms with Crippen molar-refractivity contribution in [1.29, 1.82) is 0 Å². The summed E-state index contributed by atoms with van der Waals surface area (Å²) in [5.41, 5.74) is 6.15. The smallest absolute Gasteiger partial charge is 0.306 e. The van der Waals surface area contributed by atoms with Crippen molar-refractivity contribution < 1.29 is 19.5 Å². The Morgan fingerprint density at radius 1 is 1.82 bits per heavy atom. The number of carbonyl (C=O) groups is 2. The number of nitrogens with zero attached hydrogens (tertiary/aromatic N) is 2. The van der Waals surface area contributed by atoms with Crippen LogP contribution < -0.4 is 5.73 Å². The number of amidine groups is 1. The summed E-state index contributed by atoms with van der Waals surface area (Å²) in [6.07, 6.45) is 0.243. The molecule has 1 aliphatic rings. The highest BCUT2D eigenvalue weighted by Gasteiger charge is 2.13. The van der Waals surface area contributed by atoms with E-state index in [0.29, 0.717) is 5.70 Å². The van der Waals surface area contributed by atoms with Crippen LogP contribution in [0.2, 0.25) is 0 Å².